The summed E-state index contributed by atoms with van der Waals surface area (Å²) in [5.74, 6) is 3.15. The van der Waals surface area contributed by atoms with E-state index in [1.807, 2.05) is 17.5 Å². The van der Waals surface area contributed by atoms with Crippen molar-refractivity contribution in [2.75, 3.05) is 0 Å². The summed E-state index contributed by atoms with van der Waals surface area (Å²) in [6.45, 7) is 4.78. The molecule has 4 fully saturated rings. The molecule has 152 valence electrons. The van der Waals surface area contributed by atoms with Crippen molar-refractivity contribution in [3.05, 3.63) is 22.4 Å². The average molecular weight is 401 g/mol. The Bertz CT molecular complexity index is 771. The van der Waals surface area contributed by atoms with Crippen LogP contribution in [0.2, 0.25) is 0 Å². The second kappa shape index (κ2) is 6.68. The molecule has 1 heterocycles. The fourth-order valence-corrected chi connectivity index (χ4v) is 8.31. The topological polar surface area (TPSA) is 43.4 Å². The molecular formula is C24H32O3S. The number of hydrogen-bond acceptors (Lipinski definition) is 4. The molecule has 0 bridgehead atoms. The largest absolute Gasteiger partial charge is 0.458 e. The van der Waals surface area contributed by atoms with Crippen molar-refractivity contribution in [1.29, 1.82) is 0 Å². The van der Waals surface area contributed by atoms with Crippen LogP contribution in [0.5, 0.6) is 0 Å². The lowest BCUT2D eigenvalue weighted by molar-refractivity contribution is -0.142. The van der Waals surface area contributed by atoms with Gasteiger partial charge in [-0.3, -0.25) is 4.79 Å². The van der Waals surface area contributed by atoms with Gasteiger partial charge in [-0.15, -0.1) is 11.3 Å². The molecule has 0 N–H and O–H groups in total. The van der Waals surface area contributed by atoms with E-state index in [-0.39, 0.29) is 17.5 Å². The lowest BCUT2D eigenvalue weighted by atomic mass is 9.45. The number of esters is 1. The highest BCUT2D eigenvalue weighted by molar-refractivity contribution is 7.11. The van der Waals surface area contributed by atoms with Crippen LogP contribution >= 0.6 is 11.3 Å². The van der Waals surface area contributed by atoms with Crippen molar-refractivity contribution in [2.24, 2.45) is 34.5 Å². The normalized spacial score (nSPS) is 45.1. The van der Waals surface area contributed by atoms with Gasteiger partial charge in [0.05, 0.1) is 0 Å². The number of ketones is 1. The molecule has 0 amide bonds. The maximum atomic E-state index is 12.6. The van der Waals surface area contributed by atoms with Crippen molar-refractivity contribution >= 4 is 23.1 Å². The third-order valence-corrected chi connectivity index (χ3v) is 10.2. The standard InChI is InChI=1S/C24H32O3S/c1-23-11-9-16(27-22(26)20-4-3-13-28-20)14-15(23)5-6-17-18-7-8-21(25)24(18,2)12-10-19(17)23/h3-4,13,15-19H,5-12,14H2,1-2H3/t15-,16+,17+,18+,19+,23+,24-/m0/s1. The molecule has 0 aliphatic heterocycles. The van der Waals surface area contributed by atoms with Crippen molar-refractivity contribution in [1.82, 2.24) is 0 Å². The van der Waals surface area contributed by atoms with Crippen LogP contribution in [0.3, 0.4) is 0 Å². The first-order chi connectivity index (χ1) is 13.4. The highest BCUT2D eigenvalue weighted by Gasteiger charge is 2.60. The van der Waals surface area contributed by atoms with E-state index in [1.54, 1.807) is 0 Å². The quantitative estimate of drug-likeness (QED) is 0.582. The third kappa shape index (κ3) is 2.74. The Kier molecular flexibility index (Phi) is 4.50. The number of fused-ring (bicyclic) bond motifs is 5. The lowest BCUT2D eigenvalue weighted by Gasteiger charge is -2.60. The van der Waals surface area contributed by atoms with Crippen molar-refractivity contribution in [3.8, 4) is 0 Å². The van der Waals surface area contributed by atoms with Gasteiger partial charge in [-0.2, -0.15) is 0 Å². The van der Waals surface area contributed by atoms with E-state index in [2.05, 4.69) is 13.8 Å². The Hall–Kier alpha value is -1.16. The fraction of sp³-hybridized carbons (Fsp3) is 0.750. The van der Waals surface area contributed by atoms with Gasteiger partial charge in [0.15, 0.2) is 0 Å². The molecule has 1 aromatic rings. The van der Waals surface area contributed by atoms with Gasteiger partial charge in [0.1, 0.15) is 16.8 Å². The first-order valence-corrected chi connectivity index (χ1v) is 12.1. The number of Topliss-reactive ketones (excluding diaryl/α,β-unsaturated/α-hetero) is 1. The van der Waals surface area contributed by atoms with Crippen LogP contribution in [0.1, 0.15) is 81.3 Å². The number of ether oxygens (including phenoxy) is 1. The molecule has 0 aromatic carbocycles. The van der Waals surface area contributed by atoms with Gasteiger partial charge in [0.2, 0.25) is 0 Å². The zero-order valence-corrected chi connectivity index (χ0v) is 17.9. The van der Waals surface area contributed by atoms with Crippen LogP contribution in [0.15, 0.2) is 17.5 Å². The molecule has 7 atom stereocenters. The predicted octanol–water partition coefficient (Wildman–Crippen LogP) is 5.89. The molecule has 0 unspecified atom stereocenters. The summed E-state index contributed by atoms with van der Waals surface area (Å²) in [5, 5.41) is 1.93. The summed E-state index contributed by atoms with van der Waals surface area (Å²) in [6.07, 6.45) is 10.0. The van der Waals surface area contributed by atoms with E-state index in [9.17, 15) is 9.59 Å². The predicted molar refractivity (Wildman–Crippen MR) is 110 cm³/mol. The van der Waals surface area contributed by atoms with E-state index in [0.29, 0.717) is 23.0 Å². The number of hydrogen-bond donors (Lipinski definition) is 0. The number of thiophene rings is 1. The van der Waals surface area contributed by atoms with Crippen LogP contribution < -0.4 is 0 Å². The van der Waals surface area contributed by atoms with Gasteiger partial charge in [-0.1, -0.05) is 19.9 Å². The molecule has 4 aliphatic carbocycles. The van der Waals surface area contributed by atoms with Crippen molar-refractivity contribution in [2.45, 2.75) is 77.7 Å². The first kappa shape index (κ1) is 18.8. The Balaban J connectivity index is 1.30. The maximum absolute atomic E-state index is 12.6. The van der Waals surface area contributed by atoms with E-state index in [4.69, 9.17) is 4.74 Å². The van der Waals surface area contributed by atoms with Crippen molar-refractivity contribution < 1.29 is 14.3 Å². The van der Waals surface area contributed by atoms with Crippen LogP contribution in [0.4, 0.5) is 0 Å². The van der Waals surface area contributed by atoms with E-state index in [0.717, 1.165) is 48.8 Å². The van der Waals surface area contributed by atoms with Gasteiger partial charge in [0.25, 0.3) is 0 Å². The number of carbonyl (C=O) groups is 2. The number of rotatable bonds is 2. The minimum atomic E-state index is -0.143. The molecule has 3 nitrogen and oxygen atoms in total. The van der Waals surface area contributed by atoms with Crippen LogP contribution in [0.25, 0.3) is 0 Å². The monoisotopic (exact) mass is 400 g/mol. The Morgan fingerprint density at radius 3 is 2.75 bits per heavy atom. The molecule has 4 heteroatoms. The Morgan fingerprint density at radius 2 is 1.96 bits per heavy atom. The molecule has 28 heavy (non-hydrogen) atoms. The van der Waals surface area contributed by atoms with Crippen LogP contribution in [0, 0.1) is 34.5 Å². The molecule has 0 spiro atoms. The van der Waals surface area contributed by atoms with Crippen molar-refractivity contribution in [3.63, 3.8) is 0 Å². The van der Waals surface area contributed by atoms with Gasteiger partial charge < -0.3 is 4.74 Å². The second-order valence-corrected chi connectivity index (χ2v) is 11.3. The Morgan fingerprint density at radius 1 is 1.11 bits per heavy atom. The smallest absolute Gasteiger partial charge is 0.348 e. The molecule has 5 rings (SSSR count). The maximum Gasteiger partial charge on any atom is 0.348 e. The molecule has 1 aromatic heterocycles. The summed E-state index contributed by atoms with van der Waals surface area (Å²) in [5.41, 5.74) is 0.333. The van der Waals surface area contributed by atoms with Gasteiger partial charge in [0, 0.05) is 11.8 Å². The van der Waals surface area contributed by atoms with E-state index >= 15 is 0 Å². The molecule has 4 aliphatic rings. The third-order valence-electron chi connectivity index (χ3n) is 9.32. The molecule has 4 saturated carbocycles. The van der Waals surface area contributed by atoms with Gasteiger partial charge >= 0.3 is 5.97 Å². The van der Waals surface area contributed by atoms with Crippen LogP contribution in [-0.4, -0.2) is 17.9 Å². The minimum absolute atomic E-state index is 0.0300. The summed E-state index contributed by atoms with van der Waals surface area (Å²) in [6, 6.07) is 3.76. The molecule has 0 radical (unpaired) electrons. The zero-order chi connectivity index (χ0) is 19.5. The minimum Gasteiger partial charge on any atom is -0.458 e. The number of carbonyl (C=O) groups excluding carboxylic acids is 2. The van der Waals surface area contributed by atoms with Gasteiger partial charge in [-0.25, -0.2) is 4.79 Å². The highest BCUT2D eigenvalue weighted by atomic mass is 32.1. The van der Waals surface area contributed by atoms with Crippen LogP contribution in [-0.2, 0) is 9.53 Å². The summed E-state index contributed by atoms with van der Waals surface area (Å²) in [4.78, 5) is 25.7. The van der Waals surface area contributed by atoms with Gasteiger partial charge in [-0.05, 0) is 91.9 Å². The molecule has 0 saturated heterocycles. The SMILES string of the molecule is C[C@@]12CC[C@@H](OC(=O)c3cccs3)C[C@@H]1CC[C@H]1[C@H]2CC[C@]2(C)C(=O)CC[C@H]12. The summed E-state index contributed by atoms with van der Waals surface area (Å²) >= 11 is 1.46. The second-order valence-electron chi connectivity index (χ2n) is 10.4. The average Bonchev–Trinajstić information content (AvgIpc) is 3.31. The Labute approximate surface area is 172 Å². The lowest BCUT2D eigenvalue weighted by Crippen LogP contribution is -2.54. The first-order valence-electron chi connectivity index (χ1n) is 11.2. The highest BCUT2D eigenvalue weighted by Crippen LogP contribution is 2.65. The fourth-order valence-electron chi connectivity index (χ4n) is 7.70. The summed E-state index contributed by atoms with van der Waals surface area (Å²) in [7, 11) is 0. The molecular weight excluding hydrogens is 368 g/mol. The van der Waals surface area contributed by atoms with E-state index in [1.165, 1.54) is 37.0 Å². The summed E-state index contributed by atoms with van der Waals surface area (Å²) < 4.78 is 5.89. The zero-order valence-electron chi connectivity index (χ0n) is 17.1. The van der Waals surface area contributed by atoms with E-state index < -0.39 is 0 Å².